The van der Waals surface area contributed by atoms with E-state index >= 15 is 0 Å². The van der Waals surface area contributed by atoms with Crippen molar-refractivity contribution in [3.63, 3.8) is 0 Å². The number of carbonyl (C=O) groups is 1. The topological polar surface area (TPSA) is 50.2 Å². The molecule has 1 unspecified atom stereocenters. The highest BCUT2D eigenvalue weighted by Gasteiger charge is 2.33. The zero-order valence-corrected chi connectivity index (χ0v) is 17.4. The van der Waals surface area contributed by atoms with Gasteiger partial charge in [0, 0.05) is 29.7 Å². The summed E-state index contributed by atoms with van der Waals surface area (Å²) in [6.07, 6.45) is 6.39. The molecular formula is C21H27BrN4O. The van der Waals surface area contributed by atoms with Crippen LogP contribution in [0.5, 0.6) is 0 Å². The van der Waals surface area contributed by atoms with Gasteiger partial charge in [0.2, 0.25) is 0 Å². The Kier molecular flexibility index (Phi) is 5.64. The highest BCUT2D eigenvalue weighted by molar-refractivity contribution is 9.10. The number of aromatic nitrogens is 2. The van der Waals surface area contributed by atoms with Crippen LogP contribution in [0.4, 0.5) is 0 Å². The van der Waals surface area contributed by atoms with E-state index in [-0.39, 0.29) is 5.91 Å². The summed E-state index contributed by atoms with van der Waals surface area (Å²) in [5.74, 6) is 0.545. The predicted molar refractivity (Wildman–Crippen MR) is 111 cm³/mol. The van der Waals surface area contributed by atoms with Crippen molar-refractivity contribution in [2.75, 3.05) is 19.6 Å². The summed E-state index contributed by atoms with van der Waals surface area (Å²) in [6.45, 7) is 3.22. The second-order valence-electron chi connectivity index (χ2n) is 7.76. The lowest BCUT2D eigenvalue weighted by atomic mass is 9.83. The van der Waals surface area contributed by atoms with Gasteiger partial charge in [0.15, 0.2) is 0 Å². The third kappa shape index (κ3) is 4.11. The van der Waals surface area contributed by atoms with Crippen molar-refractivity contribution in [1.29, 1.82) is 0 Å². The Balaban J connectivity index is 1.42. The fraction of sp³-hybridized carbons (Fsp3) is 0.524. The average molecular weight is 431 g/mol. The Morgan fingerprint density at radius 3 is 2.78 bits per heavy atom. The maximum absolute atomic E-state index is 12.8. The molecule has 2 aliphatic heterocycles. The van der Waals surface area contributed by atoms with E-state index in [1.165, 1.54) is 45.2 Å². The fourth-order valence-corrected chi connectivity index (χ4v) is 4.84. The first-order valence-corrected chi connectivity index (χ1v) is 10.7. The second kappa shape index (κ2) is 8.15. The molecule has 0 spiro atoms. The lowest BCUT2D eigenvalue weighted by molar-refractivity contribution is 0.0574. The number of aryl methyl sites for hydroxylation is 1. The Bertz CT molecular complexity index is 799. The van der Waals surface area contributed by atoms with Crippen molar-refractivity contribution in [3.05, 3.63) is 40.5 Å². The third-order valence-corrected chi connectivity index (χ3v) is 6.53. The van der Waals surface area contributed by atoms with Gasteiger partial charge in [-0.05, 0) is 62.9 Å². The van der Waals surface area contributed by atoms with Crippen LogP contribution in [0.15, 0.2) is 34.8 Å². The first-order valence-electron chi connectivity index (χ1n) is 9.94. The Morgan fingerprint density at radius 2 is 1.96 bits per heavy atom. The van der Waals surface area contributed by atoms with Crippen LogP contribution in [-0.2, 0) is 7.05 Å². The van der Waals surface area contributed by atoms with Gasteiger partial charge in [-0.3, -0.25) is 9.48 Å². The maximum Gasteiger partial charge on any atom is 0.269 e. The summed E-state index contributed by atoms with van der Waals surface area (Å²) >= 11 is 3.45. The van der Waals surface area contributed by atoms with Crippen molar-refractivity contribution in [2.24, 2.45) is 13.0 Å². The lowest BCUT2D eigenvalue weighted by Gasteiger charge is -2.44. The van der Waals surface area contributed by atoms with E-state index in [1.807, 2.05) is 37.4 Å². The molecule has 2 saturated heterocycles. The van der Waals surface area contributed by atoms with Gasteiger partial charge in [0.1, 0.15) is 5.69 Å². The molecule has 1 aromatic carbocycles. The largest absolute Gasteiger partial charge is 0.350 e. The van der Waals surface area contributed by atoms with Gasteiger partial charge in [-0.2, -0.15) is 5.10 Å². The monoisotopic (exact) mass is 430 g/mol. The molecule has 3 heterocycles. The van der Waals surface area contributed by atoms with Crippen LogP contribution in [0.25, 0.3) is 11.3 Å². The van der Waals surface area contributed by atoms with E-state index in [0.29, 0.717) is 17.7 Å². The Hall–Kier alpha value is -1.66. The number of amides is 1. The molecule has 2 aromatic rings. The van der Waals surface area contributed by atoms with Crippen LogP contribution in [-0.4, -0.2) is 46.3 Å². The first kappa shape index (κ1) is 18.7. The minimum atomic E-state index is -0.0266. The van der Waals surface area contributed by atoms with Crippen LogP contribution in [0.3, 0.4) is 0 Å². The standard InChI is InChI=1S/C21H27BrN4O/c1-25-20(13-18(24-25)15-7-9-17(22)10-8-15)21(27)23-14-16-5-4-12-26-11-3-2-6-19(16)26/h7-10,13,16,19H,2-6,11-12,14H2,1H3,(H,23,27)/t16-,19?/m0/s1. The van der Waals surface area contributed by atoms with Gasteiger partial charge in [0.05, 0.1) is 5.69 Å². The van der Waals surface area contributed by atoms with Crippen LogP contribution >= 0.6 is 15.9 Å². The van der Waals surface area contributed by atoms with E-state index < -0.39 is 0 Å². The van der Waals surface area contributed by atoms with Crippen LogP contribution in [0, 0.1) is 5.92 Å². The molecule has 6 heteroatoms. The molecule has 1 N–H and O–H groups in total. The van der Waals surface area contributed by atoms with E-state index in [0.717, 1.165) is 22.3 Å². The molecule has 1 aromatic heterocycles. The van der Waals surface area contributed by atoms with Crippen molar-refractivity contribution in [2.45, 2.75) is 38.1 Å². The summed E-state index contributed by atoms with van der Waals surface area (Å²) < 4.78 is 2.71. The number of hydrogen-bond donors (Lipinski definition) is 1. The van der Waals surface area contributed by atoms with Crippen molar-refractivity contribution in [3.8, 4) is 11.3 Å². The molecule has 0 saturated carbocycles. The smallest absolute Gasteiger partial charge is 0.269 e. The number of piperidine rings is 2. The lowest BCUT2D eigenvalue weighted by Crippen LogP contribution is -2.51. The van der Waals surface area contributed by atoms with Crippen LogP contribution in [0.2, 0.25) is 0 Å². The number of benzene rings is 1. The minimum absolute atomic E-state index is 0.0266. The number of hydrogen-bond acceptors (Lipinski definition) is 3. The number of nitrogens with zero attached hydrogens (tertiary/aromatic N) is 3. The maximum atomic E-state index is 12.8. The zero-order valence-electron chi connectivity index (χ0n) is 15.8. The molecule has 2 aliphatic rings. The number of halogens is 1. The molecule has 144 valence electrons. The summed E-state index contributed by atoms with van der Waals surface area (Å²) in [6, 6.07) is 10.5. The number of fused-ring (bicyclic) bond motifs is 1. The molecule has 0 aliphatic carbocycles. The van der Waals surface area contributed by atoms with Crippen molar-refractivity contribution in [1.82, 2.24) is 20.0 Å². The number of nitrogens with one attached hydrogen (secondary N) is 1. The first-order chi connectivity index (χ1) is 13.1. The van der Waals surface area contributed by atoms with Crippen LogP contribution in [0.1, 0.15) is 42.6 Å². The average Bonchev–Trinajstić information content (AvgIpc) is 3.08. The summed E-state index contributed by atoms with van der Waals surface area (Å²) in [7, 11) is 1.83. The molecule has 0 radical (unpaired) electrons. The van der Waals surface area contributed by atoms with Crippen molar-refractivity contribution >= 4 is 21.8 Å². The summed E-state index contributed by atoms with van der Waals surface area (Å²) in [5, 5.41) is 7.71. The molecule has 0 bridgehead atoms. The zero-order chi connectivity index (χ0) is 18.8. The third-order valence-electron chi connectivity index (χ3n) is 6.01. The highest BCUT2D eigenvalue weighted by atomic mass is 79.9. The van der Waals surface area contributed by atoms with E-state index in [2.05, 4.69) is 31.2 Å². The minimum Gasteiger partial charge on any atom is -0.350 e. The molecule has 27 heavy (non-hydrogen) atoms. The van der Waals surface area contributed by atoms with Gasteiger partial charge in [-0.25, -0.2) is 0 Å². The van der Waals surface area contributed by atoms with Gasteiger partial charge >= 0.3 is 0 Å². The van der Waals surface area contributed by atoms with E-state index in [9.17, 15) is 4.79 Å². The van der Waals surface area contributed by atoms with E-state index in [4.69, 9.17) is 0 Å². The normalized spacial score (nSPS) is 23.0. The van der Waals surface area contributed by atoms with Gasteiger partial charge in [-0.15, -0.1) is 0 Å². The van der Waals surface area contributed by atoms with Gasteiger partial charge in [-0.1, -0.05) is 34.5 Å². The SMILES string of the molecule is Cn1nc(-c2ccc(Br)cc2)cc1C(=O)NC[C@@H]1CCCN2CCCCC12. The molecule has 2 atom stereocenters. The molecule has 1 amide bonds. The van der Waals surface area contributed by atoms with Crippen LogP contribution < -0.4 is 5.32 Å². The number of carbonyl (C=O) groups excluding carboxylic acids is 1. The molecule has 5 nitrogen and oxygen atoms in total. The summed E-state index contributed by atoms with van der Waals surface area (Å²) in [4.78, 5) is 15.4. The summed E-state index contributed by atoms with van der Waals surface area (Å²) in [5.41, 5.74) is 2.45. The molecule has 2 fully saturated rings. The van der Waals surface area contributed by atoms with Gasteiger partial charge < -0.3 is 10.2 Å². The number of rotatable bonds is 4. The predicted octanol–water partition coefficient (Wildman–Crippen LogP) is 3.84. The van der Waals surface area contributed by atoms with E-state index in [1.54, 1.807) is 4.68 Å². The molecular weight excluding hydrogens is 404 g/mol. The van der Waals surface area contributed by atoms with Crippen molar-refractivity contribution < 1.29 is 4.79 Å². The quantitative estimate of drug-likeness (QED) is 0.801. The van der Waals surface area contributed by atoms with Gasteiger partial charge in [0.25, 0.3) is 5.91 Å². The molecule has 4 rings (SSSR count). The fourth-order valence-electron chi connectivity index (χ4n) is 4.57. The Labute approximate surface area is 169 Å². The highest BCUT2D eigenvalue weighted by Crippen LogP contribution is 2.30. The Morgan fingerprint density at radius 1 is 1.19 bits per heavy atom. The second-order valence-corrected chi connectivity index (χ2v) is 8.67.